The molecular weight excluding hydrogens is 316 g/mol. The molecule has 1 fully saturated rings. The van der Waals surface area contributed by atoms with Crippen molar-refractivity contribution in [2.75, 3.05) is 24.5 Å². The van der Waals surface area contributed by atoms with Crippen molar-refractivity contribution in [3.05, 3.63) is 42.2 Å². The smallest absolute Gasteiger partial charge is 0.224 e. The van der Waals surface area contributed by atoms with Gasteiger partial charge in [0.25, 0.3) is 0 Å². The third-order valence-corrected chi connectivity index (χ3v) is 4.41. The zero-order valence-corrected chi connectivity index (χ0v) is 15.0. The number of carbonyl (C=O) groups excluding carboxylic acids is 1. The Labute approximate surface area is 148 Å². The number of anilines is 1. The molecule has 6 heteroatoms. The van der Waals surface area contributed by atoms with Crippen LogP contribution in [-0.4, -0.2) is 46.5 Å². The lowest BCUT2D eigenvalue weighted by molar-refractivity contribution is -0.133. The third-order valence-electron chi connectivity index (χ3n) is 4.41. The summed E-state index contributed by atoms with van der Waals surface area (Å²) in [4.78, 5) is 24.7. The standard InChI is InChI=1S/C19H24N4O2/c1-4-19(24)23-9-8-22(12-15(23)3)17-11-18(21-13-20-17)25-16-7-5-6-14(2)10-16/h5-7,10-11,13,15H,4,8-9,12H2,1-3H3/t15-/m1/s1. The van der Waals surface area contributed by atoms with Gasteiger partial charge in [-0.2, -0.15) is 0 Å². The molecule has 1 saturated heterocycles. The highest BCUT2D eigenvalue weighted by molar-refractivity contribution is 5.76. The van der Waals surface area contributed by atoms with E-state index < -0.39 is 0 Å². The number of hydrogen-bond donors (Lipinski definition) is 0. The van der Waals surface area contributed by atoms with Crippen LogP contribution in [0.2, 0.25) is 0 Å². The second-order valence-corrected chi connectivity index (χ2v) is 6.37. The summed E-state index contributed by atoms with van der Waals surface area (Å²) in [5.74, 6) is 2.32. The van der Waals surface area contributed by atoms with Crippen molar-refractivity contribution in [2.24, 2.45) is 0 Å². The summed E-state index contributed by atoms with van der Waals surface area (Å²) >= 11 is 0. The lowest BCUT2D eigenvalue weighted by Crippen LogP contribution is -2.54. The molecule has 1 aromatic heterocycles. The summed E-state index contributed by atoms with van der Waals surface area (Å²) in [6, 6.07) is 9.88. The van der Waals surface area contributed by atoms with Gasteiger partial charge in [-0.25, -0.2) is 9.97 Å². The summed E-state index contributed by atoms with van der Waals surface area (Å²) in [7, 11) is 0. The molecule has 0 aliphatic carbocycles. The average Bonchev–Trinajstić information content (AvgIpc) is 2.61. The van der Waals surface area contributed by atoms with Crippen LogP contribution in [0, 0.1) is 6.92 Å². The van der Waals surface area contributed by atoms with Gasteiger partial charge in [0, 0.05) is 38.2 Å². The van der Waals surface area contributed by atoms with Crippen molar-refractivity contribution in [1.82, 2.24) is 14.9 Å². The second-order valence-electron chi connectivity index (χ2n) is 6.37. The van der Waals surface area contributed by atoms with Crippen molar-refractivity contribution >= 4 is 11.7 Å². The zero-order valence-electron chi connectivity index (χ0n) is 15.0. The molecule has 0 unspecified atom stereocenters. The predicted molar refractivity (Wildman–Crippen MR) is 97.0 cm³/mol. The van der Waals surface area contributed by atoms with Gasteiger partial charge in [-0.05, 0) is 31.5 Å². The maximum atomic E-state index is 12.0. The van der Waals surface area contributed by atoms with Gasteiger partial charge in [0.15, 0.2) is 0 Å². The minimum Gasteiger partial charge on any atom is -0.439 e. The summed E-state index contributed by atoms with van der Waals surface area (Å²) in [6.07, 6.45) is 2.07. The monoisotopic (exact) mass is 340 g/mol. The van der Waals surface area contributed by atoms with Gasteiger partial charge < -0.3 is 14.5 Å². The fourth-order valence-electron chi connectivity index (χ4n) is 3.10. The van der Waals surface area contributed by atoms with Crippen LogP contribution in [0.5, 0.6) is 11.6 Å². The Morgan fingerprint density at radius 1 is 1.28 bits per heavy atom. The van der Waals surface area contributed by atoms with Crippen LogP contribution < -0.4 is 9.64 Å². The molecule has 132 valence electrons. The van der Waals surface area contributed by atoms with Gasteiger partial charge in [0.1, 0.15) is 17.9 Å². The van der Waals surface area contributed by atoms with E-state index in [1.54, 1.807) is 0 Å². The van der Waals surface area contributed by atoms with Crippen LogP contribution in [0.3, 0.4) is 0 Å². The molecule has 0 N–H and O–H groups in total. The van der Waals surface area contributed by atoms with Crippen LogP contribution in [0.1, 0.15) is 25.8 Å². The van der Waals surface area contributed by atoms with Gasteiger partial charge in [-0.3, -0.25) is 4.79 Å². The topological polar surface area (TPSA) is 58.6 Å². The van der Waals surface area contributed by atoms with Crippen LogP contribution in [0.25, 0.3) is 0 Å². The van der Waals surface area contributed by atoms with Crippen molar-refractivity contribution in [3.63, 3.8) is 0 Å². The molecule has 3 rings (SSSR count). The van der Waals surface area contributed by atoms with Crippen molar-refractivity contribution in [2.45, 2.75) is 33.2 Å². The van der Waals surface area contributed by atoms with E-state index in [0.29, 0.717) is 18.8 Å². The van der Waals surface area contributed by atoms with E-state index >= 15 is 0 Å². The summed E-state index contributed by atoms with van der Waals surface area (Å²) in [5, 5.41) is 0. The summed E-state index contributed by atoms with van der Waals surface area (Å²) < 4.78 is 5.85. The van der Waals surface area contributed by atoms with E-state index in [4.69, 9.17) is 4.74 Å². The van der Waals surface area contributed by atoms with E-state index in [1.165, 1.54) is 6.33 Å². The highest BCUT2D eigenvalue weighted by Crippen LogP contribution is 2.24. The first-order valence-corrected chi connectivity index (χ1v) is 8.68. The van der Waals surface area contributed by atoms with Crippen LogP contribution in [0.4, 0.5) is 5.82 Å². The number of hydrogen-bond acceptors (Lipinski definition) is 5. The first kappa shape index (κ1) is 17.2. The second kappa shape index (κ2) is 7.51. The number of aromatic nitrogens is 2. The minimum absolute atomic E-state index is 0.164. The molecule has 1 aromatic carbocycles. The fourth-order valence-corrected chi connectivity index (χ4v) is 3.10. The Balaban J connectivity index is 1.71. The first-order chi connectivity index (χ1) is 12.1. The maximum absolute atomic E-state index is 12.0. The van der Waals surface area contributed by atoms with E-state index in [9.17, 15) is 4.79 Å². The molecule has 0 spiro atoms. The van der Waals surface area contributed by atoms with Gasteiger partial charge in [-0.1, -0.05) is 19.1 Å². The molecular formula is C19H24N4O2. The number of rotatable bonds is 4. The number of amides is 1. The highest BCUT2D eigenvalue weighted by Gasteiger charge is 2.27. The largest absolute Gasteiger partial charge is 0.439 e. The van der Waals surface area contributed by atoms with Crippen LogP contribution in [-0.2, 0) is 4.79 Å². The fraction of sp³-hybridized carbons (Fsp3) is 0.421. The van der Waals surface area contributed by atoms with Gasteiger partial charge in [0.2, 0.25) is 11.8 Å². The Bertz CT molecular complexity index is 750. The van der Waals surface area contributed by atoms with E-state index in [-0.39, 0.29) is 11.9 Å². The van der Waals surface area contributed by atoms with E-state index in [0.717, 1.165) is 30.2 Å². The van der Waals surface area contributed by atoms with Crippen molar-refractivity contribution in [3.8, 4) is 11.6 Å². The van der Waals surface area contributed by atoms with Gasteiger partial charge in [0.05, 0.1) is 0 Å². The van der Waals surface area contributed by atoms with E-state index in [2.05, 4.69) is 21.8 Å². The molecule has 0 saturated carbocycles. The Hall–Kier alpha value is -2.63. The molecule has 2 aromatic rings. The maximum Gasteiger partial charge on any atom is 0.224 e. The molecule has 25 heavy (non-hydrogen) atoms. The van der Waals surface area contributed by atoms with Crippen LogP contribution >= 0.6 is 0 Å². The van der Waals surface area contributed by atoms with Crippen LogP contribution in [0.15, 0.2) is 36.7 Å². The normalized spacial score (nSPS) is 17.5. The molecule has 1 atom stereocenters. The Morgan fingerprint density at radius 2 is 2.12 bits per heavy atom. The SMILES string of the molecule is CCC(=O)N1CCN(c2cc(Oc3cccc(C)c3)ncn2)C[C@H]1C. The van der Waals surface area contributed by atoms with Crippen molar-refractivity contribution in [1.29, 1.82) is 0 Å². The predicted octanol–water partition coefficient (Wildman–Crippen LogP) is 3.02. The molecule has 1 amide bonds. The number of nitrogens with zero attached hydrogens (tertiary/aromatic N) is 4. The number of carbonyl (C=O) groups is 1. The molecule has 1 aliphatic heterocycles. The highest BCUT2D eigenvalue weighted by atomic mass is 16.5. The van der Waals surface area contributed by atoms with E-state index in [1.807, 2.05) is 49.1 Å². The third kappa shape index (κ3) is 4.07. The number of aryl methyl sites for hydroxylation is 1. The summed E-state index contributed by atoms with van der Waals surface area (Å²) in [5.41, 5.74) is 1.14. The van der Waals surface area contributed by atoms with Crippen molar-refractivity contribution < 1.29 is 9.53 Å². The number of ether oxygens (including phenoxy) is 1. The summed E-state index contributed by atoms with van der Waals surface area (Å²) in [6.45, 7) is 8.23. The van der Waals surface area contributed by atoms with Gasteiger partial charge in [-0.15, -0.1) is 0 Å². The Kier molecular flexibility index (Phi) is 5.16. The number of piperazine rings is 1. The molecule has 1 aliphatic rings. The lowest BCUT2D eigenvalue weighted by atomic mass is 10.1. The quantitative estimate of drug-likeness (QED) is 0.856. The number of benzene rings is 1. The molecule has 6 nitrogen and oxygen atoms in total. The Morgan fingerprint density at radius 3 is 2.84 bits per heavy atom. The average molecular weight is 340 g/mol. The lowest BCUT2D eigenvalue weighted by Gasteiger charge is -2.40. The zero-order chi connectivity index (χ0) is 17.8. The minimum atomic E-state index is 0.164. The molecule has 0 bridgehead atoms. The molecule has 0 radical (unpaired) electrons. The first-order valence-electron chi connectivity index (χ1n) is 8.68. The molecule has 2 heterocycles. The van der Waals surface area contributed by atoms with Gasteiger partial charge >= 0.3 is 0 Å².